The fourth-order valence-electron chi connectivity index (χ4n) is 3.66. The van der Waals surface area contributed by atoms with E-state index in [2.05, 4.69) is 42.9 Å². The monoisotopic (exact) mass is 405 g/mol. The Labute approximate surface area is 176 Å². The van der Waals surface area contributed by atoms with Crippen molar-refractivity contribution >= 4 is 17.0 Å². The second kappa shape index (κ2) is 9.20. The zero-order valence-corrected chi connectivity index (χ0v) is 17.6. The highest BCUT2D eigenvalue weighted by Crippen LogP contribution is 2.28. The molecule has 0 spiro atoms. The largest absolute Gasteiger partial charge is 0.381 e. The van der Waals surface area contributed by atoms with Crippen molar-refractivity contribution in [1.29, 1.82) is 5.26 Å². The van der Waals surface area contributed by atoms with E-state index >= 15 is 0 Å². The molecule has 3 aromatic rings. The maximum atomic E-state index is 9.35. The van der Waals surface area contributed by atoms with Gasteiger partial charge in [0.1, 0.15) is 17.2 Å². The van der Waals surface area contributed by atoms with Gasteiger partial charge in [-0.1, -0.05) is 12.1 Å². The minimum atomic E-state index is 0.590. The highest BCUT2D eigenvalue weighted by molar-refractivity contribution is 5.87. The third-order valence-corrected chi connectivity index (χ3v) is 5.38. The lowest BCUT2D eigenvalue weighted by atomic mass is 10.1. The van der Waals surface area contributed by atoms with E-state index in [4.69, 9.17) is 4.74 Å². The molecule has 30 heavy (non-hydrogen) atoms. The lowest BCUT2D eigenvalue weighted by Gasteiger charge is -2.33. The third kappa shape index (κ3) is 4.42. The fourth-order valence-corrected chi connectivity index (χ4v) is 3.66. The van der Waals surface area contributed by atoms with Crippen LogP contribution < -0.4 is 4.90 Å². The summed E-state index contributed by atoms with van der Waals surface area (Å²) in [6.07, 6.45) is 2.56. The van der Waals surface area contributed by atoms with Crippen molar-refractivity contribution in [2.45, 2.75) is 19.8 Å². The molecule has 0 bridgehead atoms. The van der Waals surface area contributed by atoms with Crippen LogP contribution in [-0.2, 0) is 4.74 Å². The molecule has 0 atom stereocenters. The predicted molar refractivity (Wildman–Crippen MR) is 116 cm³/mol. The van der Waals surface area contributed by atoms with Gasteiger partial charge in [0.2, 0.25) is 0 Å². The first-order valence-electron chi connectivity index (χ1n) is 10.4. The average molecular weight is 406 g/mol. The van der Waals surface area contributed by atoms with Crippen molar-refractivity contribution in [3.63, 3.8) is 0 Å². The number of aromatic nitrogens is 4. The second-order valence-electron chi connectivity index (χ2n) is 7.65. The van der Waals surface area contributed by atoms with Crippen molar-refractivity contribution in [1.82, 2.24) is 24.8 Å². The van der Waals surface area contributed by atoms with E-state index in [9.17, 15) is 5.26 Å². The number of anilines is 1. The molecule has 1 N–H and O–H groups in total. The fraction of sp³-hybridized carbons (Fsp3) is 0.455. The van der Waals surface area contributed by atoms with Gasteiger partial charge in [0, 0.05) is 45.0 Å². The number of nitrogens with one attached hydrogen (secondary N) is 1. The van der Waals surface area contributed by atoms with Crippen molar-refractivity contribution in [2.24, 2.45) is 0 Å². The first kappa shape index (κ1) is 20.3. The summed E-state index contributed by atoms with van der Waals surface area (Å²) in [5.74, 6) is 2.25. The highest BCUT2D eigenvalue weighted by atomic mass is 16.5. The summed E-state index contributed by atoms with van der Waals surface area (Å²) < 4.78 is 4.94. The standard InChI is InChI=1S/C18H19N7.C4H8O/c1-12-20-17-15(18(21-12)25-9-7-24(2)8-10-25)22-16(23-17)14-6-4-3-5-13(14)11-19;1-2-4-5-3-1/h3-6H,7-10H2,1-2H3,(H,20,21,22,23);1-4H2. The Hall–Kier alpha value is -3.02. The van der Waals surface area contributed by atoms with Crippen LogP contribution in [0.5, 0.6) is 0 Å². The lowest BCUT2D eigenvalue weighted by molar-refractivity contribution is 0.198. The maximum absolute atomic E-state index is 9.35. The van der Waals surface area contributed by atoms with E-state index in [0.717, 1.165) is 56.3 Å². The predicted octanol–water partition coefficient (Wildman–Crippen LogP) is 2.75. The molecule has 2 aliphatic rings. The lowest BCUT2D eigenvalue weighted by Crippen LogP contribution is -2.45. The molecule has 8 nitrogen and oxygen atoms in total. The number of H-pyrrole nitrogens is 1. The molecular formula is C22H27N7O. The van der Waals surface area contributed by atoms with Gasteiger partial charge in [-0.15, -0.1) is 0 Å². The van der Waals surface area contributed by atoms with E-state index in [1.807, 2.05) is 25.1 Å². The Balaban J connectivity index is 0.000000383. The average Bonchev–Trinajstić information content (AvgIpc) is 3.47. The molecule has 2 aliphatic heterocycles. The second-order valence-corrected chi connectivity index (χ2v) is 7.65. The highest BCUT2D eigenvalue weighted by Gasteiger charge is 2.21. The van der Waals surface area contributed by atoms with Crippen LogP contribution in [0.3, 0.4) is 0 Å². The minimum absolute atomic E-state index is 0.590. The van der Waals surface area contributed by atoms with Gasteiger partial charge in [-0.2, -0.15) is 5.26 Å². The van der Waals surface area contributed by atoms with Gasteiger partial charge >= 0.3 is 0 Å². The Kier molecular flexibility index (Phi) is 6.21. The van der Waals surface area contributed by atoms with E-state index in [0.29, 0.717) is 22.9 Å². The molecule has 156 valence electrons. The summed E-state index contributed by atoms with van der Waals surface area (Å²) in [5, 5.41) is 9.35. The molecule has 1 aromatic carbocycles. The number of aryl methyl sites for hydroxylation is 1. The van der Waals surface area contributed by atoms with Crippen LogP contribution in [0.15, 0.2) is 24.3 Å². The molecule has 0 radical (unpaired) electrons. The normalized spacial score (nSPS) is 16.9. The van der Waals surface area contributed by atoms with Crippen LogP contribution in [0.4, 0.5) is 5.82 Å². The number of hydrogen-bond acceptors (Lipinski definition) is 7. The molecule has 8 heteroatoms. The first-order valence-corrected chi connectivity index (χ1v) is 10.4. The van der Waals surface area contributed by atoms with Gasteiger partial charge in [0.25, 0.3) is 0 Å². The summed E-state index contributed by atoms with van der Waals surface area (Å²) in [4.78, 5) is 21.7. The van der Waals surface area contributed by atoms with Crippen LogP contribution in [-0.4, -0.2) is 71.3 Å². The van der Waals surface area contributed by atoms with Crippen LogP contribution >= 0.6 is 0 Å². The number of hydrogen-bond donors (Lipinski definition) is 1. The Morgan fingerprint density at radius 3 is 2.43 bits per heavy atom. The number of rotatable bonds is 2. The Morgan fingerprint density at radius 2 is 1.77 bits per heavy atom. The molecule has 0 amide bonds. The van der Waals surface area contributed by atoms with E-state index < -0.39 is 0 Å². The molecule has 4 heterocycles. The smallest absolute Gasteiger partial charge is 0.183 e. The van der Waals surface area contributed by atoms with Gasteiger partial charge in [-0.05, 0) is 38.9 Å². The van der Waals surface area contributed by atoms with Crippen LogP contribution in [0.2, 0.25) is 0 Å². The van der Waals surface area contributed by atoms with Gasteiger partial charge in [0.15, 0.2) is 11.5 Å². The number of ether oxygens (including phenoxy) is 1. The quantitative estimate of drug-likeness (QED) is 0.700. The number of nitriles is 1. The molecular weight excluding hydrogens is 378 g/mol. The van der Waals surface area contributed by atoms with E-state index in [1.165, 1.54) is 12.8 Å². The molecule has 2 aromatic heterocycles. The summed E-state index contributed by atoms with van der Waals surface area (Å²) in [6, 6.07) is 9.66. The minimum Gasteiger partial charge on any atom is -0.381 e. The van der Waals surface area contributed by atoms with Crippen molar-refractivity contribution in [2.75, 3.05) is 51.3 Å². The molecule has 2 fully saturated rings. The number of imidazole rings is 1. The van der Waals surface area contributed by atoms with Crippen molar-refractivity contribution < 1.29 is 4.74 Å². The molecule has 0 saturated carbocycles. The zero-order chi connectivity index (χ0) is 20.9. The van der Waals surface area contributed by atoms with Gasteiger partial charge in [-0.25, -0.2) is 15.0 Å². The summed E-state index contributed by atoms with van der Waals surface area (Å²) in [5.41, 5.74) is 2.85. The topological polar surface area (TPSA) is 94.0 Å². The van der Waals surface area contributed by atoms with Gasteiger partial charge < -0.3 is 19.5 Å². The molecule has 2 saturated heterocycles. The number of piperazine rings is 1. The van der Waals surface area contributed by atoms with E-state index in [-0.39, 0.29) is 0 Å². The maximum Gasteiger partial charge on any atom is 0.183 e. The zero-order valence-electron chi connectivity index (χ0n) is 17.6. The number of likely N-dealkylation sites (N-methyl/N-ethyl adjacent to an activating group) is 1. The first-order chi connectivity index (χ1) is 14.7. The summed E-state index contributed by atoms with van der Waals surface area (Å²) in [6.45, 7) is 7.73. The molecule has 0 aliphatic carbocycles. The summed E-state index contributed by atoms with van der Waals surface area (Å²) >= 11 is 0. The van der Waals surface area contributed by atoms with Crippen LogP contribution in [0.1, 0.15) is 24.2 Å². The molecule has 0 unspecified atom stereocenters. The molecule has 5 rings (SSSR count). The van der Waals surface area contributed by atoms with Crippen molar-refractivity contribution in [3.05, 3.63) is 35.7 Å². The Morgan fingerprint density at radius 1 is 1.03 bits per heavy atom. The van der Waals surface area contributed by atoms with Crippen LogP contribution in [0.25, 0.3) is 22.6 Å². The third-order valence-electron chi connectivity index (χ3n) is 5.38. The number of aromatic amines is 1. The number of nitrogens with zero attached hydrogens (tertiary/aromatic N) is 6. The van der Waals surface area contributed by atoms with E-state index in [1.54, 1.807) is 6.07 Å². The number of fused-ring (bicyclic) bond motifs is 1. The summed E-state index contributed by atoms with van der Waals surface area (Å²) in [7, 11) is 2.13. The SMILES string of the molecule is C1CCOC1.Cc1nc(N2CCN(C)CC2)c2[nH]c(-c3ccccc3C#N)nc2n1. The van der Waals surface area contributed by atoms with Gasteiger partial charge in [0.05, 0.1) is 11.6 Å². The van der Waals surface area contributed by atoms with Crippen molar-refractivity contribution in [3.8, 4) is 17.5 Å². The Bertz CT molecular complexity index is 1040. The number of benzene rings is 1. The van der Waals surface area contributed by atoms with Crippen LogP contribution in [0, 0.1) is 18.3 Å². The van der Waals surface area contributed by atoms with Gasteiger partial charge in [-0.3, -0.25) is 0 Å².